The van der Waals surface area contributed by atoms with Crippen molar-refractivity contribution in [2.75, 3.05) is 19.6 Å². The lowest BCUT2D eigenvalue weighted by Crippen LogP contribution is -2.38. The van der Waals surface area contributed by atoms with Crippen molar-refractivity contribution in [1.29, 1.82) is 0 Å². The van der Waals surface area contributed by atoms with Crippen LogP contribution in [0, 0.1) is 0 Å². The highest BCUT2D eigenvalue weighted by Crippen LogP contribution is 2.33. The third kappa shape index (κ3) is 6.27. The number of benzene rings is 1. The lowest BCUT2D eigenvalue weighted by atomic mass is 10.2. The number of carbonyl (C=O) groups is 4. The van der Waals surface area contributed by atoms with Crippen LogP contribution in [-0.2, 0) is 14.4 Å². The van der Waals surface area contributed by atoms with E-state index in [0.29, 0.717) is 15.6 Å². The van der Waals surface area contributed by atoms with Crippen LogP contribution in [-0.4, -0.2) is 47.5 Å². The van der Waals surface area contributed by atoms with Crippen molar-refractivity contribution in [2.24, 2.45) is 0 Å². The molecular formula is C17H17Cl2N3O4S. The summed E-state index contributed by atoms with van der Waals surface area (Å²) in [5.41, 5.74) is 0.581. The van der Waals surface area contributed by atoms with E-state index in [1.54, 1.807) is 18.2 Å². The summed E-state index contributed by atoms with van der Waals surface area (Å²) in [7, 11) is 0. The molecule has 0 atom stereocenters. The standard InChI is InChI=1S/C17H17Cl2N3O4S/c1-10(23)20-5-4-15(24)21-6-7-22-16(25)14(27-17(22)26)8-11-2-3-12(18)9-13(11)19/h2-3,8-9H,4-7H2,1H3,(H,20,23)(H,21,24). The van der Waals surface area contributed by atoms with Gasteiger partial charge in [-0.1, -0.05) is 29.3 Å². The van der Waals surface area contributed by atoms with Gasteiger partial charge in [-0.3, -0.25) is 24.1 Å². The van der Waals surface area contributed by atoms with Crippen LogP contribution in [0.2, 0.25) is 10.0 Å². The van der Waals surface area contributed by atoms with Gasteiger partial charge in [-0.15, -0.1) is 0 Å². The van der Waals surface area contributed by atoms with E-state index in [0.717, 1.165) is 16.7 Å². The number of nitrogens with zero attached hydrogens (tertiary/aromatic N) is 1. The van der Waals surface area contributed by atoms with Crippen molar-refractivity contribution in [3.8, 4) is 0 Å². The lowest BCUT2D eigenvalue weighted by molar-refractivity contribution is -0.124. The quantitative estimate of drug-likeness (QED) is 0.649. The molecule has 10 heteroatoms. The Labute approximate surface area is 170 Å². The van der Waals surface area contributed by atoms with Crippen LogP contribution >= 0.6 is 35.0 Å². The third-order valence-electron chi connectivity index (χ3n) is 3.51. The van der Waals surface area contributed by atoms with E-state index < -0.39 is 11.1 Å². The summed E-state index contributed by atoms with van der Waals surface area (Å²) in [5.74, 6) is -0.934. The molecule has 1 fully saturated rings. The zero-order chi connectivity index (χ0) is 20.0. The first-order valence-corrected chi connectivity index (χ1v) is 9.56. The Balaban J connectivity index is 1.89. The van der Waals surface area contributed by atoms with Crippen LogP contribution in [0.25, 0.3) is 6.08 Å². The smallest absolute Gasteiger partial charge is 0.293 e. The molecule has 144 valence electrons. The molecule has 1 aliphatic rings. The molecule has 1 saturated heterocycles. The monoisotopic (exact) mass is 429 g/mol. The Kier molecular flexibility index (Phi) is 7.70. The van der Waals surface area contributed by atoms with Crippen molar-refractivity contribution >= 4 is 64.0 Å². The first-order chi connectivity index (χ1) is 12.8. The number of rotatable bonds is 7. The molecule has 0 radical (unpaired) electrons. The number of nitrogens with one attached hydrogen (secondary N) is 2. The molecule has 2 N–H and O–H groups in total. The van der Waals surface area contributed by atoms with Crippen molar-refractivity contribution in [3.63, 3.8) is 0 Å². The van der Waals surface area contributed by atoms with E-state index in [1.165, 1.54) is 13.0 Å². The molecule has 0 saturated carbocycles. The first kappa shape index (κ1) is 21.3. The van der Waals surface area contributed by atoms with Gasteiger partial charge in [0.2, 0.25) is 11.8 Å². The molecule has 0 unspecified atom stereocenters. The highest BCUT2D eigenvalue weighted by molar-refractivity contribution is 8.18. The molecule has 0 aliphatic carbocycles. The Hall–Kier alpha value is -2.03. The van der Waals surface area contributed by atoms with Crippen molar-refractivity contribution in [3.05, 3.63) is 38.7 Å². The van der Waals surface area contributed by atoms with E-state index in [2.05, 4.69) is 10.6 Å². The summed E-state index contributed by atoms with van der Waals surface area (Å²) in [4.78, 5) is 48.2. The molecule has 1 aliphatic heterocycles. The van der Waals surface area contributed by atoms with Crippen LogP contribution in [0.4, 0.5) is 4.79 Å². The van der Waals surface area contributed by atoms with E-state index >= 15 is 0 Å². The van der Waals surface area contributed by atoms with Gasteiger partial charge in [0, 0.05) is 43.0 Å². The fourth-order valence-corrected chi connectivity index (χ4v) is 3.52. The maximum Gasteiger partial charge on any atom is 0.293 e. The third-order valence-corrected chi connectivity index (χ3v) is 4.98. The Bertz CT molecular complexity index is 813. The molecule has 7 nitrogen and oxygen atoms in total. The summed E-state index contributed by atoms with van der Waals surface area (Å²) in [6, 6.07) is 4.85. The highest BCUT2D eigenvalue weighted by atomic mass is 35.5. The van der Waals surface area contributed by atoms with E-state index in [1.807, 2.05) is 0 Å². The van der Waals surface area contributed by atoms with Crippen LogP contribution in [0.15, 0.2) is 23.1 Å². The number of thioether (sulfide) groups is 1. The van der Waals surface area contributed by atoms with Crippen molar-refractivity contribution in [2.45, 2.75) is 13.3 Å². The van der Waals surface area contributed by atoms with Crippen LogP contribution in [0.3, 0.4) is 0 Å². The number of amides is 4. The molecule has 2 rings (SSSR count). The number of hydrogen-bond acceptors (Lipinski definition) is 5. The summed E-state index contributed by atoms with van der Waals surface area (Å²) in [6.45, 7) is 1.78. The minimum Gasteiger partial charge on any atom is -0.356 e. The van der Waals surface area contributed by atoms with Crippen LogP contribution < -0.4 is 10.6 Å². The Morgan fingerprint density at radius 2 is 1.93 bits per heavy atom. The maximum atomic E-state index is 12.4. The van der Waals surface area contributed by atoms with Gasteiger partial charge in [-0.25, -0.2) is 0 Å². The number of carbonyl (C=O) groups excluding carboxylic acids is 4. The Morgan fingerprint density at radius 1 is 1.19 bits per heavy atom. The molecule has 0 spiro atoms. The minimum atomic E-state index is -0.441. The van der Waals surface area contributed by atoms with Gasteiger partial charge in [0.15, 0.2) is 0 Å². The van der Waals surface area contributed by atoms with Gasteiger partial charge in [-0.05, 0) is 35.5 Å². The minimum absolute atomic E-state index is 0.0578. The van der Waals surface area contributed by atoms with Crippen molar-refractivity contribution in [1.82, 2.24) is 15.5 Å². The lowest BCUT2D eigenvalue weighted by Gasteiger charge is -2.13. The molecule has 27 heavy (non-hydrogen) atoms. The SMILES string of the molecule is CC(=O)NCCC(=O)NCCN1C(=O)SC(=Cc2ccc(Cl)cc2Cl)C1=O. The van der Waals surface area contributed by atoms with Crippen LogP contribution in [0.5, 0.6) is 0 Å². The topological polar surface area (TPSA) is 95.6 Å². The van der Waals surface area contributed by atoms with Gasteiger partial charge >= 0.3 is 0 Å². The molecular weight excluding hydrogens is 413 g/mol. The number of imide groups is 1. The highest BCUT2D eigenvalue weighted by Gasteiger charge is 2.34. The largest absolute Gasteiger partial charge is 0.356 e. The fourth-order valence-electron chi connectivity index (χ4n) is 2.20. The van der Waals surface area contributed by atoms with Gasteiger partial charge in [-0.2, -0.15) is 0 Å². The van der Waals surface area contributed by atoms with E-state index in [-0.39, 0.29) is 42.8 Å². The van der Waals surface area contributed by atoms with E-state index in [9.17, 15) is 19.2 Å². The number of hydrogen-bond donors (Lipinski definition) is 2. The zero-order valence-electron chi connectivity index (χ0n) is 14.4. The molecule has 0 aromatic heterocycles. The summed E-state index contributed by atoms with van der Waals surface area (Å²) in [6.07, 6.45) is 1.66. The number of halogens is 2. The van der Waals surface area contributed by atoms with E-state index in [4.69, 9.17) is 23.2 Å². The molecule has 1 aromatic rings. The summed E-state index contributed by atoms with van der Waals surface area (Å²) < 4.78 is 0. The molecule has 4 amide bonds. The van der Waals surface area contributed by atoms with Gasteiger partial charge in [0.05, 0.1) is 4.91 Å². The molecule has 0 bridgehead atoms. The molecule has 1 heterocycles. The summed E-state index contributed by atoms with van der Waals surface area (Å²) >= 11 is 12.7. The predicted molar refractivity (Wildman–Crippen MR) is 105 cm³/mol. The van der Waals surface area contributed by atoms with Crippen LogP contribution in [0.1, 0.15) is 18.9 Å². The predicted octanol–water partition coefficient (Wildman–Crippen LogP) is 2.67. The Morgan fingerprint density at radius 3 is 2.59 bits per heavy atom. The first-order valence-electron chi connectivity index (χ1n) is 7.99. The van der Waals surface area contributed by atoms with Gasteiger partial charge < -0.3 is 10.6 Å². The average molecular weight is 430 g/mol. The normalized spacial score (nSPS) is 15.4. The second-order valence-corrected chi connectivity index (χ2v) is 7.42. The average Bonchev–Trinajstić information content (AvgIpc) is 2.84. The zero-order valence-corrected chi connectivity index (χ0v) is 16.7. The van der Waals surface area contributed by atoms with Crippen molar-refractivity contribution < 1.29 is 19.2 Å². The summed E-state index contributed by atoms with van der Waals surface area (Å²) in [5, 5.41) is 5.55. The maximum absolute atomic E-state index is 12.4. The van der Waals surface area contributed by atoms with Gasteiger partial charge in [0.25, 0.3) is 11.1 Å². The van der Waals surface area contributed by atoms with Gasteiger partial charge in [0.1, 0.15) is 0 Å². The fraction of sp³-hybridized carbons (Fsp3) is 0.294. The molecule has 1 aromatic carbocycles. The second kappa shape index (κ2) is 9.77. The second-order valence-electron chi connectivity index (χ2n) is 5.58.